The van der Waals surface area contributed by atoms with E-state index in [1.807, 2.05) is 12.1 Å². The number of sulfonamides is 1. The topological polar surface area (TPSA) is 59.1 Å². The van der Waals surface area contributed by atoms with Gasteiger partial charge in [-0.25, -0.2) is 13.4 Å². The zero-order chi connectivity index (χ0) is 15.5. The van der Waals surface area contributed by atoms with E-state index in [1.54, 1.807) is 12.1 Å². The molecule has 1 aromatic heterocycles. The molecule has 21 heavy (non-hydrogen) atoms. The highest BCUT2D eigenvalue weighted by Crippen LogP contribution is 2.22. The van der Waals surface area contributed by atoms with Crippen molar-refractivity contribution < 1.29 is 8.42 Å². The summed E-state index contributed by atoms with van der Waals surface area (Å²) in [6.45, 7) is 4.26. The van der Waals surface area contributed by atoms with Gasteiger partial charge in [-0.05, 0) is 42.2 Å². The van der Waals surface area contributed by atoms with E-state index in [0.29, 0.717) is 11.6 Å². The van der Waals surface area contributed by atoms with Gasteiger partial charge in [-0.2, -0.15) is 0 Å². The van der Waals surface area contributed by atoms with E-state index in [4.69, 9.17) is 11.6 Å². The highest BCUT2D eigenvalue weighted by molar-refractivity contribution is 7.92. The third kappa shape index (κ3) is 3.95. The summed E-state index contributed by atoms with van der Waals surface area (Å²) >= 11 is 5.66. The Bertz CT molecular complexity index is 697. The SMILES string of the molecule is CC[C@@H](C)c1ccc(NS(=O)(=O)c2ccc(Cl)nc2)cc1. The van der Waals surface area contributed by atoms with E-state index in [1.165, 1.54) is 23.9 Å². The number of aromatic nitrogens is 1. The zero-order valence-electron chi connectivity index (χ0n) is 11.9. The third-order valence-electron chi connectivity index (χ3n) is 3.35. The van der Waals surface area contributed by atoms with Gasteiger partial charge in [-0.1, -0.05) is 37.6 Å². The van der Waals surface area contributed by atoms with Crippen molar-refractivity contribution >= 4 is 27.3 Å². The lowest BCUT2D eigenvalue weighted by molar-refractivity contribution is 0.601. The van der Waals surface area contributed by atoms with Crippen molar-refractivity contribution in [2.75, 3.05) is 4.72 Å². The Hall–Kier alpha value is -1.59. The summed E-state index contributed by atoms with van der Waals surface area (Å²) in [5, 5.41) is 0.256. The van der Waals surface area contributed by atoms with Crippen LogP contribution in [0.1, 0.15) is 31.7 Å². The van der Waals surface area contributed by atoms with E-state index in [9.17, 15) is 8.42 Å². The summed E-state index contributed by atoms with van der Waals surface area (Å²) in [6.07, 6.45) is 2.28. The van der Waals surface area contributed by atoms with Gasteiger partial charge in [0.25, 0.3) is 10.0 Å². The Labute approximate surface area is 130 Å². The number of nitrogens with one attached hydrogen (secondary N) is 1. The molecule has 2 rings (SSSR count). The van der Waals surface area contributed by atoms with E-state index in [2.05, 4.69) is 23.6 Å². The molecule has 0 amide bonds. The van der Waals surface area contributed by atoms with Crippen molar-refractivity contribution in [2.24, 2.45) is 0 Å². The van der Waals surface area contributed by atoms with Crippen molar-refractivity contribution in [3.8, 4) is 0 Å². The summed E-state index contributed by atoms with van der Waals surface area (Å²) in [4.78, 5) is 3.86. The molecule has 0 bridgehead atoms. The average molecular weight is 325 g/mol. The van der Waals surface area contributed by atoms with Crippen molar-refractivity contribution in [1.82, 2.24) is 4.98 Å². The average Bonchev–Trinajstić information content (AvgIpc) is 2.47. The van der Waals surface area contributed by atoms with E-state index in [0.717, 1.165) is 6.42 Å². The number of nitrogens with zero attached hydrogens (tertiary/aromatic N) is 1. The van der Waals surface area contributed by atoms with Crippen LogP contribution in [-0.4, -0.2) is 13.4 Å². The monoisotopic (exact) mass is 324 g/mol. The quantitative estimate of drug-likeness (QED) is 0.844. The second kappa shape index (κ2) is 6.45. The zero-order valence-corrected chi connectivity index (χ0v) is 13.4. The molecule has 1 heterocycles. The van der Waals surface area contributed by atoms with Crippen molar-refractivity contribution in [3.05, 3.63) is 53.3 Å². The van der Waals surface area contributed by atoms with Crippen LogP contribution in [0.4, 0.5) is 5.69 Å². The molecule has 0 unspecified atom stereocenters. The minimum atomic E-state index is -3.64. The summed E-state index contributed by atoms with van der Waals surface area (Å²) in [7, 11) is -3.64. The molecule has 112 valence electrons. The molecule has 0 fully saturated rings. The normalized spacial score (nSPS) is 12.9. The van der Waals surface area contributed by atoms with Crippen LogP contribution >= 0.6 is 11.6 Å². The first-order valence-corrected chi connectivity index (χ1v) is 8.53. The number of benzene rings is 1. The second-order valence-electron chi connectivity index (χ2n) is 4.85. The maximum Gasteiger partial charge on any atom is 0.263 e. The molecule has 2 aromatic rings. The first-order chi connectivity index (χ1) is 9.92. The van der Waals surface area contributed by atoms with E-state index < -0.39 is 10.0 Å². The number of hydrogen-bond donors (Lipinski definition) is 1. The number of rotatable bonds is 5. The first kappa shape index (κ1) is 15.8. The smallest absolute Gasteiger partial charge is 0.263 e. The van der Waals surface area contributed by atoms with Gasteiger partial charge in [-0.15, -0.1) is 0 Å². The number of hydrogen-bond acceptors (Lipinski definition) is 3. The molecule has 0 saturated carbocycles. The van der Waals surface area contributed by atoms with Crippen molar-refractivity contribution in [2.45, 2.75) is 31.1 Å². The molecule has 6 heteroatoms. The largest absolute Gasteiger partial charge is 0.280 e. The van der Waals surface area contributed by atoms with Gasteiger partial charge in [0, 0.05) is 11.9 Å². The number of halogens is 1. The molecule has 0 radical (unpaired) electrons. The van der Waals surface area contributed by atoms with Crippen molar-refractivity contribution in [1.29, 1.82) is 0 Å². The van der Waals surface area contributed by atoms with Crippen LogP contribution in [0.15, 0.2) is 47.5 Å². The fraction of sp³-hybridized carbons (Fsp3) is 0.267. The predicted octanol–water partition coefficient (Wildman–Crippen LogP) is 4.05. The second-order valence-corrected chi connectivity index (χ2v) is 6.92. The van der Waals surface area contributed by atoms with Crippen LogP contribution < -0.4 is 4.72 Å². The molecule has 1 aromatic carbocycles. The van der Waals surface area contributed by atoms with E-state index >= 15 is 0 Å². The van der Waals surface area contributed by atoms with Gasteiger partial charge in [-0.3, -0.25) is 4.72 Å². The molecule has 4 nitrogen and oxygen atoms in total. The predicted molar refractivity (Wildman–Crippen MR) is 85.2 cm³/mol. The fourth-order valence-corrected chi connectivity index (χ4v) is 2.97. The molecule has 0 aliphatic carbocycles. The van der Waals surface area contributed by atoms with E-state index in [-0.39, 0.29) is 10.0 Å². The highest BCUT2D eigenvalue weighted by atomic mass is 35.5. The van der Waals surface area contributed by atoms with Gasteiger partial charge < -0.3 is 0 Å². The Morgan fingerprint density at radius 2 is 1.86 bits per heavy atom. The molecular weight excluding hydrogens is 308 g/mol. The third-order valence-corrected chi connectivity index (χ3v) is 4.94. The van der Waals surface area contributed by atoms with Gasteiger partial charge in [0.05, 0.1) is 0 Å². The van der Waals surface area contributed by atoms with Crippen LogP contribution in [-0.2, 0) is 10.0 Å². The summed E-state index contributed by atoms with van der Waals surface area (Å²) in [5.41, 5.74) is 1.71. The molecule has 0 spiro atoms. The Kier molecular flexibility index (Phi) is 4.85. The highest BCUT2D eigenvalue weighted by Gasteiger charge is 2.14. The molecule has 1 atom stereocenters. The Morgan fingerprint density at radius 1 is 1.19 bits per heavy atom. The number of pyridine rings is 1. The number of anilines is 1. The first-order valence-electron chi connectivity index (χ1n) is 6.66. The Balaban J connectivity index is 2.19. The summed E-state index contributed by atoms with van der Waals surface area (Å²) in [5.74, 6) is 0.455. The molecular formula is C15H17ClN2O2S. The van der Waals surface area contributed by atoms with Gasteiger partial charge in [0.15, 0.2) is 0 Å². The molecule has 1 N–H and O–H groups in total. The van der Waals surface area contributed by atoms with Gasteiger partial charge in [0.2, 0.25) is 0 Å². The van der Waals surface area contributed by atoms with Crippen LogP contribution in [0.25, 0.3) is 0 Å². The minimum absolute atomic E-state index is 0.0814. The lowest BCUT2D eigenvalue weighted by atomic mass is 9.99. The molecule has 0 aliphatic heterocycles. The lowest BCUT2D eigenvalue weighted by Crippen LogP contribution is -2.13. The van der Waals surface area contributed by atoms with Gasteiger partial charge in [0.1, 0.15) is 10.0 Å². The Morgan fingerprint density at radius 3 is 2.38 bits per heavy atom. The standard InChI is InChI=1S/C15H17ClN2O2S/c1-3-11(2)12-4-6-13(7-5-12)18-21(19,20)14-8-9-15(16)17-10-14/h4-11,18H,3H2,1-2H3/t11-/m1/s1. The minimum Gasteiger partial charge on any atom is -0.280 e. The molecule has 0 saturated heterocycles. The maximum absolute atomic E-state index is 12.2. The van der Waals surface area contributed by atoms with Gasteiger partial charge >= 0.3 is 0 Å². The lowest BCUT2D eigenvalue weighted by Gasteiger charge is -2.11. The summed E-state index contributed by atoms with van der Waals surface area (Å²) < 4.78 is 26.9. The maximum atomic E-state index is 12.2. The molecule has 0 aliphatic rings. The van der Waals surface area contributed by atoms with Crippen LogP contribution in [0.5, 0.6) is 0 Å². The van der Waals surface area contributed by atoms with Crippen LogP contribution in [0.2, 0.25) is 5.15 Å². The fourth-order valence-electron chi connectivity index (χ4n) is 1.85. The van der Waals surface area contributed by atoms with Crippen molar-refractivity contribution in [3.63, 3.8) is 0 Å². The van der Waals surface area contributed by atoms with Crippen LogP contribution in [0, 0.1) is 0 Å². The van der Waals surface area contributed by atoms with Crippen LogP contribution in [0.3, 0.4) is 0 Å². The summed E-state index contributed by atoms with van der Waals surface area (Å²) in [6, 6.07) is 10.3.